The molecule has 0 fully saturated rings. The van der Waals surface area contributed by atoms with Crippen molar-refractivity contribution in [2.45, 2.75) is 39.6 Å². The molecule has 1 N–H and O–H groups in total. The lowest BCUT2D eigenvalue weighted by Gasteiger charge is -2.20. The number of aliphatic hydroxyl groups excluding tert-OH is 1. The normalized spacial score (nSPS) is 16.8. The van der Waals surface area contributed by atoms with E-state index in [0.29, 0.717) is 19.8 Å². The van der Waals surface area contributed by atoms with Crippen LogP contribution in [-0.4, -0.2) is 43.8 Å². The summed E-state index contributed by atoms with van der Waals surface area (Å²) in [5, 5.41) is 8.94. The van der Waals surface area contributed by atoms with E-state index in [0.717, 1.165) is 0 Å². The van der Waals surface area contributed by atoms with Crippen LogP contribution in [0.1, 0.15) is 20.8 Å². The summed E-state index contributed by atoms with van der Waals surface area (Å²) in [6.45, 7) is 9.95. The van der Waals surface area contributed by atoms with Crippen molar-refractivity contribution in [2.75, 3.05) is 19.8 Å². The van der Waals surface area contributed by atoms with E-state index in [9.17, 15) is 0 Å². The summed E-state index contributed by atoms with van der Waals surface area (Å²) in [5.41, 5.74) is 0. The molecule has 0 heterocycles. The van der Waals surface area contributed by atoms with Crippen molar-refractivity contribution in [1.29, 1.82) is 0 Å². The number of aliphatic hydroxyl groups is 1. The maximum atomic E-state index is 8.94. The maximum absolute atomic E-state index is 8.94. The second-order valence-corrected chi connectivity index (χ2v) is 3.24. The van der Waals surface area contributed by atoms with Gasteiger partial charge in [0.1, 0.15) is 0 Å². The molecule has 0 bridgehead atoms. The van der Waals surface area contributed by atoms with Gasteiger partial charge in [0.25, 0.3) is 0 Å². The molecule has 0 saturated carbocycles. The monoisotopic (exact) mass is 234 g/mol. The van der Waals surface area contributed by atoms with Gasteiger partial charge in [-0.25, -0.2) is 0 Å². The quantitative estimate of drug-likeness (QED) is 0.350. The molecular weight excluding hydrogens is 212 g/mol. The molecule has 0 spiro atoms. The first-order chi connectivity index (χ1) is 7.56. The Kier molecular flexibility index (Phi) is 9.46. The Balaban J connectivity index is 3.42. The SMILES string of the molecule is C=CCOCCOC(C)OC(C)OC(C)O. The van der Waals surface area contributed by atoms with Gasteiger partial charge in [0.05, 0.1) is 19.8 Å². The molecule has 3 unspecified atom stereocenters. The van der Waals surface area contributed by atoms with Gasteiger partial charge in [-0.3, -0.25) is 0 Å². The molecule has 0 aromatic rings. The van der Waals surface area contributed by atoms with Gasteiger partial charge in [0.2, 0.25) is 0 Å². The molecule has 5 heteroatoms. The van der Waals surface area contributed by atoms with Crippen molar-refractivity contribution < 1.29 is 24.1 Å². The van der Waals surface area contributed by atoms with Crippen molar-refractivity contribution in [2.24, 2.45) is 0 Å². The maximum Gasteiger partial charge on any atom is 0.161 e. The standard InChI is InChI=1S/C11H22O5/c1-5-6-13-7-8-14-10(3)16-11(4)15-9(2)12/h5,9-12H,1,6-8H2,2-4H3. The van der Waals surface area contributed by atoms with Crippen molar-refractivity contribution in [1.82, 2.24) is 0 Å². The molecule has 0 saturated heterocycles. The van der Waals surface area contributed by atoms with Gasteiger partial charge >= 0.3 is 0 Å². The van der Waals surface area contributed by atoms with Crippen molar-refractivity contribution in [3.8, 4) is 0 Å². The molecule has 3 atom stereocenters. The fourth-order valence-electron chi connectivity index (χ4n) is 1.06. The van der Waals surface area contributed by atoms with Crippen molar-refractivity contribution >= 4 is 0 Å². The predicted octanol–water partition coefficient (Wildman–Crippen LogP) is 1.27. The zero-order valence-corrected chi connectivity index (χ0v) is 10.2. The molecular formula is C11H22O5. The highest BCUT2D eigenvalue weighted by molar-refractivity contribution is 4.63. The van der Waals surface area contributed by atoms with E-state index in [2.05, 4.69) is 6.58 Å². The van der Waals surface area contributed by atoms with Crippen LogP contribution in [0.25, 0.3) is 0 Å². The first-order valence-corrected chi connectivity index (χ1v) is 5.35. The number of rotatable bonds is 10. The van der Waals surface area contributed by atoms with Gasteiger partial charge in [0.15, 0.2) is 18.9 Å². The molecule has 0 aliphatic rings. The molecule has 16 heavy (non-hydrogen) atoms. The van der Waals surface area contributed by atoms with Crippen molar-refractivity contribution in [3.05, 3.63) is 12.7 Å². The van der Waals surface area contributed by atoms with E-state index in [1.54, 1.807) is 19.9 Å². The first kappa shape index (κ1) is 15.5. The Hall–Kier alpha value is -0.460. The summed E-state index contributed by atoms with van der Waals surface area (Å²) in [4.78, 5) is 0. The molecule has 0 aromatic heterocycles. The van der Waals surface area contributed by atoms with Gasteiger partial charge in [0, 0.05) is 0 Å². The summed E-state index contributed by atoms with van der Waals surface area (Å²) in [6.07, 6.45) is -0.0818. The van der Waals surface area contributed by atoms with Crippen LogP contribution in [0.15, 0.2) is 12.7 Å². The van der Waals surface area contributed by atoms with Gasteiger partial charge in [-0.05, 0) is 20.8 Å². The molecule has 0 rings (SSSR count). The fourth-order valence-corrected chi connectivity index (χ4v) is 1.06. The van der Waals surface area contributed by atoms with Gasteiger partial charge in [-0.2, -0.15) is 0 Å². The topological polar surface area (TPSA) is 57.2 Å². The minimum Gasteiger partial charge on any atom is -0.375 e. The van der Waals surface area contributed by atoms with Crippen molar-refractivity contribution in [3.63, 3.8) is 0 Å². The number of ether oxygens (including phenoxy) is 4. The Morgan fingerprint density at radius 2 is 1.81 bits per heavy atom. The van der Waals surface area contributed by atoms with Gasteiger partial charge in [-0.1, -0.05) is 6.08 Å². The zero-order valence-electron chi connectivity index (χ0n) is 10.2. The highest BCUT2D eigenvalue weighted by Crippen LogP contribution is 2.03. The Bertz CT molecular complexity index is 172. The van der Waals surface area contributed by atoms with Crippen LogP contribution in [0.4, 0.5) is 0 Å². The molecule has 96 valence electrons. The highest BCUT2D eigenvalue weighted by atomic mass is 16.8. The Morgan fingerprint density at radius 3 is 2.38 bits per heavy atom. The highest BCUT2D eigenvalue weighted by Gasteiger charge is 2.10. The van der Waals surface area contributed by atoms with E-state index < -0.39 is 18.9 Å². The fraction of sp³-hybridized carbons (Fsp3) is 0.818. The largest absolute Gasteiger partial charge is 0.375 e. The van der Waals surface area contributed by atoms with E-state index >= 15 is 0 Å². The Labute approximate surface area is 96.9 Å². The lowest BCUT2D eigenvalue weighted by molar-refractivity contribution is -0.271. The van der Waals surface area contributed by atoms with Crippen LogP contribution in [-0.2, 0) is 18.9 Å². The molecule has 0 aliphatic heterocycles. The van der Waals surface area contributed by atoms with Crippen LogP contribution in [0.5, 0.6) is 0 Å². The molecule has 0 radical (unpaired) electrons. The average molecular weight is 234 g/mol. The van der Waals surface area contributed by atoms with E-state index in [4.69, 9.17) is 24.1 Å². The summed E-state index contributed by atoms with van der Waals surface area (Å²) in [7, 11) is 0. The third kappa shape index (κ3) is 10.1. The zero-order chi connectivity index (χ0) is 12.4. The summed E-state index contributed by atoms with van der Waals surface area (Å²) >= 11 is 0. The molecule has 0 aliphatic carbocycles. The molecule has 0 aromatic carbocycles. The summed E-state index contributed by atoms with van der Waals surface area (Å²) in [6, 6.07) is 0. The molecule has 5 nitrogen and oxygen atoms in total. The lowest BCUT2D eigenvalue weighted by Crippen LogP contribution is -2.26. The van der Waals surface area contributed by atoms with Crippen LogP contribution in [0, 0.1) is 0 Å². The number of hydrogen-bond acceptors (Lipinski definition) is 5. The van der Waals surface area contributed by atoms with Crippen LogP contribution in [0.3, 0.4) is 0 Å². The summed E-state index contributed by atoms with van der Waals surface area (Å²) in [5.74, 6) is 0. The second kappa shape index (κ2) is 9.74. The Morgan fingerprint density at radius 1 is 1.12 bits per heavy atom. The van der Waals surface area contributed by atoms with E-state index in [1.165, 1.54) is 6.92 Å². The predicted molar refractivity (Wildman–Crippen MR) is 59.7 cm³/mol. The number of hydrogen-bond donors (Lipinski definition) is 1. The average Bonchev–Trinajstić information content (AvgIpc) is 2.15. The smallest absolute Gasteiger partial charge is 0.161 e. The summed E-state index contributed by atoms with van der Waals surface area (Å²) < 4.78 is 20.7. The van der Waals surface area contributed by atoms with Crippen LogP contribution < -0.4 is 0 Å². The van der Waals surface area contributed by atoms with Crippen LogP contribution >= 0.6 is 0 Å². The van der Waals surface area contributed by atoms with Crippen LogP contribution in [0.2, 0.25) is 0 Å². The molecule has 0 amide bonds. The minimum atomic E-state index is -0.849. The third-order valence-corrected chi connectivity index (χ3v) is 1.59. The first-order valence-electron chi connectivity index (χ1n) is 5.35. The van der Waals surface area contributed by atoms with Gasteiger partial charge < -0.3 is 24.1 Å². The lowest BCUT2D eigenvalue weighted by atomic mass is 10.6. The minimum absolute atomic E-state index is 0.402. The third-order valence-electron chi connectivity index (χ3n) is 1.59. The van der Waals surface area contributed by atoms with E-state index in [-0.39, 0.29) is 0 Å². The van der Waals surface area contributed by atoms with E-state index in [1.807, 2.05) is 0 Å². The van der Waals surface area contributed by atoms with Gasteiger partial charge in [-0.15, -0.1) is 6.58 Å². The second-order valence-electron chi connectivity index (χ2n) is 3.24.